The van der Waals surface area contributed by atoms with Crippen LogP contribution in [-0.2, 0) is 20.8 Å². The molecule has 0 spiro atoms. The zero-order chi connectivity index (χ0) is 15.3. The van der Waals surface area contributed by atoms with E-state index >= 15 is 0 Å². The highest BCUT2D eigenvalue weighted by Gasteiger charge is 2.01. The molecule has 0 aliphatic rings. The lowest BCUT2D eigenvalue weighted by molar-refractivity contribution is 0.0127. The van der Waals surface area contributed by atoms with Crippen molar-refractivity contribution in [1.29, 1.82) is 0 Å². The second kappa shape index (κ2) is 11.7. The van der Waals surface area contributed by atoms with E-state index in [1.165, 1.54) is 6.42 Å². The van der Waals surface area contributed by atoms with Crippen molar-refractivity contribution >= 4 is 0 Å². The second-order valence-electron chi connectivity index (χ2n) is 5.16. The van der Waals surface area contributed by atoms with Gasteiger partial charge in [0.25, 0.3) is 0 Å². The number of hydrogen-bond acceptors (Lipinski definition) is 4. The minimum Gasteiger partial charge on any atom is -0.379 e. The first kappa shape index (κ1) is 18.2. The highest BCUT2D eigenvalue weighted by atomic mass is 16.5. The van der Waals surface area contributed by atoms with Gasteiger partial charge in [0.2, 0.25) is 0 Å². The van der Waals surface area contributed by atoms with Crippen molar-refractivity contribution in [2.24, 2.45) is 5.73 Å². The molecule has 0 amide bonds. The maximum Gasteiger partial charge on any atom is 0.0701 e. The summed E-state index contributed by atoms with van der Waals surface area (Å²) in [5, 5.41) is 0. The van der Waals surface area contributed by atoms with Crippen LogP contribution in [0.5, 0.6) is 0 Å². The van der Waals surface area contributed by atoms with Crippen molar-refractivity contribution in [3.8, 4) is 0 Å². The maximum atomic E-state index is 5.82. The predicted molar refractivity (Wildman–Crippen MR) is 84.4 cm³/mol. The Bertz CT molecular complexity index is 353. The van der Waals surface area contributed by atoms with E-state index in [4.69, 9.17) is 19.9 Å². The number of ether oxygens (including phenoxy) is 3. The van der Waals surface area contributed by atoms with E-state index in [9.17, 15) is 0 Å². The van der Waals surface area contributed by atoms with Gasteiger partial charge in [-0.15, -0.1) is 0 Å². The summed E-state index contributed by atoms with van der Waals surface area (Å²) >= 11 is 0. The molecule has 0 fully saturated rings. The number of nitrogens with zero attached hydrogens (tertiary/aromatic N) is 1. The van der Waals surface area contributed by atoms with Crippen molar-refractivity contribution < 1.29 is 14.2 Å². The Morgan fingerprint density at radius 3 is 2.24 bits per heavy atom. The van der Waals surface area contributed by atoms with Gasteiger partial charge >= 0.3 is 0 Å². The zero-order valence-corrected chi connectivity index (χ0v) is 13.4. The van der Waals surface area contributed by atoms with E-state index in [1.807, 2.05) is 19.2 Å². The number of rotatable bonds is 13. The van der Waals surface area contributed by atoms with Gasteiger partial charge in [-0.1, -0.05) is 13.3 Å². The van der Waals surface area contributed by atoms with Gasteiger partial charge < -0.3 is 24.5 Å². The summed E-state index contributed by atoms with van der Waals surface area (Å²) in [4.78, 5) is 0. The van der Waals surface area contributed by atoms with Gasteiger partial charge in [0.1, 0.15) is 0 Å². The van der Waals surface area contributed by atoms with Crippen molar-refractivity contribution in [2.45, 2.75) is 39.3 Å². The smallest absolute Gasteiger partial charge is 0.0701 e. The van der Waals surface area contributed by atoms with Gasteiger partial charge in [-0.05, 0) is 25.0 Å². The third kappa shape index (κ3) is 8.88. The van der Waals surface area contributed by atoms with Gasteiger partial charge in [-0.3, -0.25) is 0 Å². The molecule has 1 atom stereocenters. The van der Waals surface area contributed by atoms with Gasteiger partial charge in [-0.25, -0.2) is 0 Å². The molecular formula is C16H30N2O3. The SMILES string of the molecule is CCCCOCCOCCOCCn1ccc(C(C)N)c1. The Kier molecular flexibility index (Phi) is 10.2. The molecule has 0 aliphatic heterocycles. The van der Waals surface area contributed by atoms with Crippen LogP contribution < -0.4 is 5.73 Å². The topological polar surface area (TPSA) is 58.6 Å². The van der Waals surface area contributed by atoms with Crippen LogP contribution in [0.2, 0.25) is 0 Å². The van der Waals surface area contributed by atoms with Gasteiger partial charge in [-0.2, -0.15) is 0 Å². The molecule has 2 N–H and O–H groups in total. The lowest BCUT2D eigenvalue weighted by Gasteiger charge is -2.07. The summed E-state index contributed by atoms with van der Waals surface area (Å²) in [6, 6.07) is 2.13. The second-order valence-corrected chi connectivity index (χ2v) is 5.16. The monoisotopic (exact) mass is 298 g/mol. The molecule has 0 radical (unpaired) electrons. The lowest BCUT2D eigenvalue weighted by Crippen LogP contribution is -2.12. The van der Waals surface area contributed by atoms with E-state index in [-0.39, 0.29) is 6.04 Å². The molecule has 122 valence electrons. The van der Waals surface area contributed by atoms with Crippen LogP contribution >= 0.6 is 0 Å². The summed E-state index contributed by atoms with van der Waals surface area (Å²) in [6.07, 6.45) is 6.39. The fourth-order valence-corrected chi connectivity index (χ4v) is 1.83. The summed E-state index contributed by atoms with van der Waals surface area (Å²) in [7, 11) is 0. The fraction of sp³-hybridized carbons (Fsp3) is 0.750. The Hall–Kier alpha value is -0.880. The summed E-state index contributed by atoms with van der Waals surface area (Å²) in [5.41, 5.74) is 6.97. The highest BCUT2D eigenvalue weighted by Crippen LogP contribution is 2.09. The molecule has 0 saturated heterocycles. The van der Waals surface area contributed by atoms with Crippen LogP contribution in [0.25, 0.3) is 0 Å². The Morgan fingerprint density at radius 1 is 1.05 bits per heavy atom. The van der Waals surface area contributed by atoms with Crippen LogP contribution in [0.4, 0.5) is 0 Å². The average molecular weight is 298 g/mol. The molecule has 1 aromatic heterocycles. The number of aromatic nitrogens is 1. The van der Waals surface area contributed by atoms with Gasteiger partial charge in [0.15, 0.2) is 0 Å². The van der Waals surface area contributed by atoms with Crippen molar-refractivity contribution in [3.63, 3.8) is 0 Å². The number of nitrogens with two attached hydrogens (primary N) is 1. The van der Waals surface area contributed by atoms with Crippen molar-refractivity contribution in [2.75, 3.05) is 39.6 Å². The highest BCUT2D eigenvalue weighted by molar-refractivity contribution is 5.13. The molecule has 0 bridgehead atoms. The molecule has 1 heterocycles. The molecule has 21 heavy (non-hydrogen) atoms. The lowest BCUT2D eigenvalue weighted by atomic mass is 10.2. The normalized spacial score (nSPS) is 12.7. The number of hydrogen-bond donors (Lipinski definition) is 1. The molecule has 5 heteroatoms. The molecule has 0 aliphatic carbocycles. The largest absolute Gasteiger partial charge is 0.379 e. The van der Waals surface area contributed by atoms with Gasteiger partial charge in [0, 0.05) is 31.6 Å². The predicted octanol–water partition coefficient (Wildman–Crippen LogP) is 2.36. The summed E-state index contributed by atoms with van der Waals surface area (Å²) < 4.78 is 18.5. The van der Waals surface area contributed by atoms with E-state index in [1.54, 1.807) is 0 Å². The van der Waals surface area contributed by atoms with Crippen LogP contribution in [0.15, 0.2) is 18.5 Å². The molecule has 5 nitrogen and oxygen atoms in total. The first-order valence-electron chi connectivity index (χ1n) is 7.88. The van der Waals surface area contributed by atoms with Crippen LogP contribution in [0, 0.1) is 0 Å². The first-order valence-corrected chi connectivity index (χ1v) is 7.88. The van der Waals surface area contributed by atoms with Crippen LogP contribution in [-0.4, -0.2) is 44.2 Å². The molecule has 1 aromatic rings. The molecule has 1 rings (SSSR count). The van der Waals surface area contributed by atoms with E-state index < -0.39 is 0 Å². The quantitative estimate of drug-likeness (QED) is 0.568. The Morgan fingerprint density at radius 2 is 1.67 bits per heavy atom. The van der Waals surface area contributed by atoms with Crippen molar-refractivity contribution in [1.82, 2.24) is 4.57 Å². The third-order valence-electron chi connectivity index (χ3n) is 3.18. The van der Waals surface area contributed by atoms with Crippen LogP contribution in [0.3, 0.4) is 0 Å². The minimum absolute atomic E-state index is 0.0834. The fourth-order valence-electron chi connectivity index (χ4n) is 1.83. The summed E-state index contributed by atoms with van der Waals surface area (Å²) in [6.45, 7) is 9.05. The summed E-state index contributed by atoms with van der Waals surface area (Å²) in [5.74, 6) is 0. The molecule has 1 unspecified atom stereocenters. The first-order chi connectivity index (χ1) is 10.2. The maximum absolute atomic E-state index is 5.82. The van der Waals surface area contributed by atoms with E-state index in [0.29, 0.717) is 33.0 Å². The molecule has 0 saturated carbocycles. The Balaban J connectivity index is 1.88. The van der Waals surface area contributed by atoms with Crippen LogP contribution in [0.1, 0.15) is 38.3 Å². The standard InChI is InChI=1S/C16H30N2O3/c1-3-4-8-19-10-12-21-13-11-20-9-7-18-6-5-16(14-18)15(2)17/h5-6,14-15H,3-4,7-13,17H2,1-2H3. The Labute approximate surface area is 128 Å². The van der Waals surface area contributed by atoms with E-state index in [2.05, 4.69) is 17.7 Å². The zero-order valence-electron chi connectivity index (χ0n) is 13.4. The molecule has 0 aromatic carbocycles. The van der Waals surface area contributed by atoms with Crippen molar-refractivity contribution in [3.05, 3.63) is 24.0 Å². The molecular weight excluding hydrogens is 268 g/mol. The number of unbranched alkanes of at least 4 members (excludes halogenated alkanes) is 1. The minimum atomic E-state index is 0.0834. The van der Waals surface area contributed by atoms with E-state index in [0.717, 1.165) is 25.1 Å². The average Bonchev–Trinajstić information content (AvgIpc) is 2.94. The van der Waals surface area contributed by atoms with Gasteiger partial charge in [0.05, 0.1) is 33.0 Å². The third-order valence-corrected chi connectivity index (χ3v) is 3.18.